The Morgan fingerprint density at radius 2 is 2.10 bits per heavy atom. The summed E-state index contributed by atoms with van der Waals surface area (Å²) in [5.74, 6) is 0.621. The summed E-state index contributed by atoms with van der Waals surface area (Å²) in [5, 5.41) is 10.1. The van der Waals surface area contributed by atoms with Gasteiger partial charge in [0.05, 0.1) is 29.7 Å². The molecule has 4 rings (SSSR count). The van der Waals surface area contributed by atoms with Crippen molar-refractivity contribution in [3.63, 3.8) is 0 Å². The molecule has 0 aliphatic rings. The number of rotatable bonds is 6. The van der Waals surface area contributed by atoms with Gasteiger partial charge in [0.15, 0.2) is 18.9 Å². The summed E-state index contributed by atoms with van der Waals surface area (Å²) in [5.41, 5.74) is 6.16. The molecule has 0 radical (unpaired) electrons. The Hall–Kier alpha value is -3.68. The molecule has 4 heterocycles. The number of hydrogen-bond acceptors (Lipinski definition) is 5. The van der Waals surface area contributed by atoms with Crippen LogP contribution in [0.3, 0.4) is 0 Å². The van der Waals surface area contributed by atoms with Crippen molar-refractivity contribution >= 4 is 17.2 Å². The predicted octanol–water partition coefficient (Wildman–Crippen LogP) is 2.67. The normalized spacial score (nSPS) is 11.1. The van der Waals surface area contributed by atoms with Crippen LogP contribution in [0.25, 0.3) is 16.9 Å². The molecule has 0 aliphatic carbocycles. The molecule has 8 heteroatoms. The maximum Gasteiger partial charge on any atom is 0.251 e. The number of anilines is 1. The standard InChI is InChI=1S/C22H24N6O2/c1-14-13-27(8-6-18(14)23-4)10-7-24-22(29)17-5-9-28-19(12-25-20(28)11-17)21-15(2)26-30-16(21)3/h5-6,8-9,11-13H,7,10H2,1-4H3,(H,24,29)/p+1. The van der Waals surface area contributed by atoms with Crippen LogP contribution in [0.5, 0.6) is 0 Å². The molecule has 0 bridgehead atoms. The van der Waals surface area contributed by atoms with Gasteiger partial charge in [0.2, 0.25) is 0 Å². The molecule has 4 aromatic rings. The van der Waals surface area contributed by atoms with Crippen LogP contribution in [0.1, 0.15) is 27.4 Å². The van der Waals surface area contributed by atoms with Crippen molar-refractivity contribution in [1.82, 2.24) is 19.9 Å². The van der Waals surface area contributed by atoms with E-state index in [1.165, 1.54) is 0 Å². The first-order valence-corrected chi connectivity index (χ1v) is 9.84. The van der Waals surface area contributed by atoms with Gasteiger partial charge in [-0.25, -0.2) is 9.55 Å². The Kier molecular flexibility index (Phi) is 5.22. The lowest BCUT2D eigenvalue weighted by Crippen LogP contribution is -2.40. The van der Waals surface area contributed by atoms with Crippen molar-refractivity contribution < 1.29 is 13.9 Å². The van der Waals surface area contributed by atoms with E-state index in [1.54, 1.807) is 18.3 Å². The first-order chi connectivity index (χ1) is 14.5. The van der Waals surface area contributed by atoms with Crippen LogP contribution in [0.4, 0.5) is 5.69 Å². The van der Waals surface area contributed by atoms with Crippen LogP contribution >= 0.6 is 0 Å². The number of hydrogen-bond donors (Lipinski definition) is 2. The maximum atomic E-state index is 12.6. The van der Waals surface area contributed by atoms with Crippen LogP contribution in [0.2, 0.25) is 0 Å². The van der Waals surface area contributed by atoms with Crippen molar-refractivity contribution in [3.8, 4) is 11.3 Å². The van der Waals surface area contributed by atoms with E-state index in [0.29, 0.717) is 24.3 Å². The molecule has 0 saturated heterocycles. The number of fused-ring (bicyclic) bond motifs is 1. The monoisotopic (exact) mass is 405 g/mol. The van der Waals surface area contributed by atoms with Crippen LogP contribution in [-0.4, -0.2) is 34.0 Å². The highest BCUT2D eigenvalue weighted by Gasteiger charge is 2.17. The minimum absolute atomic E-state index is 0.122. The van der Waals surface area contributed by atoms with Gasteiger partial charge in [-0.15, -0.1) is 0 Å². The van der Waals surface area contributed by atoms with Gasteiger partial charge in [-0.2, -0.15) is 0 Å². The number of pyridine rings is 2. The van der Waals surface area contributed by atoms with Crippen LogP contribution < -0.4 is 15.2 Å². The molecule has 0 fully saturated rings. The number of carbonyl (C=O) groups excluding carboxylic acids is 1. The summed E-state index contributed by atoms with van der Waals surface area (Å²) in [6, 6.07) is 5.61. The molecule has 0 atom stereocenters. The number of nitrogens with zero attached hydrogens (tertiary/aromatic N) is 4. The Labute approximate surface area is 174 Å². The zero-order chi connectivity index (χ0) is 21.3. The second kappa shape index (κ2) is 7.98. The molecule has 8 nitrogen and oxygen atoms in total. The third kappa shape index (κ3) is 3.63. The predicted molar refractivity (Wildman–Crippen MR) is 113 cm³/mol. The number of amides is 1. The van der Waals surface area contributed by atoms with E-state index in [9.17, 15) is 4.79 Å². The van der Waals surface area contributed by atoms with Gasteiger partial charge in [0.1, 0.15) is 11.4 Å². The second-order valence-corrected chi connectivity index (χ2v) is 7.27. The average molecular weight is 405 g/mol. The van der Waals surface area contributed by atoms with Gasteiger partial charge in [-0.3, -0.25) is 9.20 Å². The van der Waals surface area contributed by atoms with Gasteiger partial charge >= 0.3 is 0 Å². The summed E-state index contributed by atoms with van der Waals surface area (Å²) in [6.07, 6.45) is 7.69. The average Bonchev–Trinajstić information content (AvgIpc) is 3.29. The molecule has 0 aromatic carbocycles. The van der Waals surface area contributed by atoms with Crippen LogP contribution in [0.15, 0.2) is 47.5 Å². The lowest BCUT2D eigenvalue weighted by atomic mass is 10.1. The van der Waals surface area contributed by atoms with Gasteiger partial charge in [-0.1, -0.05) is 5.16 Å². The molecular weight excluding hydrogens is 380 g/mol. The Morgan fingerprint density at radius 1 is 1.27 bits per heavy atom. The second-order valence-electron chi connectivity index (χ2n) is 7.27. The zero-order valence-electron chi connectivity index (χ0n) is 17.6. The van der Waals surface area contributed by atoms with E-state index in [1.807, 2.05) is 43.8 Å². The molecule has 0 unspecified atom stereocenters. The van der Waals surface area contributed by atoms with Crippen LogP contribution in [-0.2, 0) is 6.54 Å². The summed E-state index contributed by atoms with van der Waals surface area (Å²) >= 11 is 0. The fourth-order valence-corrected chi connectivity index (χ4v) is 3.64. The number of aromatic nitrogens is 4. The van der Waals surface area contributed by atoms with Gasteiger partial charge in [0.25, 0.3) is 5.91 Å². The lowest BCUT2D eigenvalue weighted by molar-refractivity contribution is -0.695. The first-order valence-electron chi connectivity index (χ1n) is 9.84. The van der Waals surface area contributed by atoms with E-state index in [-0.39, 0.29) is 5.91 Å². The summed E-state index contributed by atoms with van der Waals surface area (Å²) < 4.78 is 9.27. The van der Waals surface area contributed by atoms with Crippen molar-refractivity contribution in [2.75, 3.05) is 18.9 Å². The van der Waals surface area contributed by atoms with Crippen molar-refractivity contribution in [3.05, 3.63) is 65.6 Å². The Balaban J connectivity index is 1.46. The molecule has 0 aliphatic heterocycles. The highest BCUT2D eigenvalue weighted by atomic mass is 16.5. The molecular formula is C22H25N6O2+. The molecule has 1 amide bonds. The van der Waals surface area contributed by atoms with Crippen molar-refractivity contribution in [1.29, 1.82) is 0 Å². The van der Waals surface area contributed by atoms with Crippen LogP contribution in [0, 0.1) is 20.8 Å². The summed E-state index contributed by atoms with van der Waals surface area (Å²) in [7, 11) is 1.90. The highest BCUT2D eigenvalue weighted by Crippen LogP contribution is 2.27. The highest BCUT2D eigenvalue weighted by molar-refractivity contribution is 5.95. The molecule has 4 aromatic heterocycles. The molecule has 0 spiro atoms. The Morgan fingerprint density at radius 3 is 2.80 bits per heavy atom. The number of aryl methyl sites for hydroxylation is 3. The largest absolute Gasteiger partial charge is 0.388 e. The smallest absolute Gasteiger partial charge is 0.251 e. The summed E-state index contributed by atoms with van der Waals surface area (Å²) in [4.78, 5) is 17.1. The van der Waals surface area contributed by atoms with E-state index in [4.69, 9.17) is 4.52 Å². The number of nitrogens with one attached hydrogen (secondary N) is 2. The Bertz CT molecular complexity index is 1200. The molecule has 30 heavy (non-hydrogen) atoms. The quantitative estimate of drug-likeness (QED) is 0.482. The number of imidazole rings is 1. The third-order valence-corrected chi connectivity index (χ3v) is 5.21. The van der Waals surface area contributed by atoms with E-state index in [2.05, 4.69) is 38.5 Å². The van der Waals surface area contributed by atoms with Gasteiger partial charge in [-0.05, 0) is 32.9 Å². The minimum Gasteiger partial charge on any atom is -0.388 e. The van der Waals surface area contributed by atoms with E-state index >= 15 is 0 Å². The summed E-state index contributed by atoms with van der Waals surface area (Å²) in [6.45, 7) is 7.06. The maximum absolute atomic E-state index is 12.6. The fraction of sp³-hybridized carbons (Fsp3) is 0.273. The van der Waals surface area contributed by atoms with E-state index in [0.717, 1.165) is 34.0 Å². The van der Waals surface area contributed by atoms with Gasteiger partial charge in [0, 0.05) is 36.1 Å². The van der Waals surface area contributed by atoms with Crippen molar-refractivity contribution in [2.24, 2.45) is 0 Å². The topological polar surface area (TPSA) is 88.3 Å². The fourth-order valence-electron chi connectivity index (χ4n) is 3.64. The minimum atomic E-state index is -0.122. The zero-order valence-corrected chi connectivity index (χ0v) is 17.6. The van der Waals surface area contributed by atoms with E-state index < -0.39 is 0 Å². The number of carbonyl (C=O) groups is 1. The third-order valence-electron chi connectivity index (χ3n) is 5.21. The van der Waals surface area contributed by atoms with Crippen molar-refractivity contribution in [2.45, 2.75) is 27.3 Å². The molecule has 2 N–H and O–H groups in total. The molecule has 154 valence electrons. The first kappa shape index (κ1) is 19.6. The van der Waals surface area contributed by atoms with Gasteiger partial charge < -0.3 is 15.2 Å². The SMILES string of the molecule is CNc1cc[n+](CCNC(=O)c2ccn3c(-c4c(C)noc4C)cnc3c2)cc1C. The lowest BCUT2D eigenvalue weighted by Gasteiger charge is -2.06. The molecule has 0 saturated carbocycles.